The summed E-state index contributed by atoms with van der Waals surface area (Å²) in [5.74, 6) is 1.50. The van der Waals surface area contributed by atoms with Gasteiger partial charge in [0.15, 0.2) is 0 Å². The van der Waals surface area contributed by atoms with Crippen LogP contribution in [0.25, 0.3) is 0 Å². The molecule has 0 bridgehead atoms. The number of aromatic nitrogens is 2. The maximum absolute atomic E-state index is 13.1. The Bertz CT molecular complexity index is 605. The minimum Gasteiger partial charge on any atom is -0.333 e. The number of imidazole rings is 1. The van der Waals surface area contributed by atoms with E-state index in [1.165, 1.54) is 12.1 Å². The van der Waals surface area contributed by atoms with E-state index in [0.29, 0.717) is 5.92 Å². The third kappa shape index (κ3) is 3.72. The molecule has 1 aromatic carbocycles. The van der Waals surface area contributed by atoms with Gasteiger partial charge in [-0.25, -0.2) is 9.37 Å². The van der Waals surface area contributed by atoms with Crippen molar-refractivity contribution in [2.75, 3.05) is 27.2 Å². The van der Waals surface area contributed by atoms with Crippen molar-refractivity contribution in [2.45, 2.75) is 19.6 Å². The molecule has 22 heavy (non-hydrogen) atoms. The molecule has 0 amide bonds. The molecule has 118 valence electrons. The van der Waals surface area contributed by atoms with E-state index in [0.717, 1.165) is 44.1 Å². The van der Waals surface area contributed by atoms with Crippen LogP contribution in [-0.4, -0.2) is 46.5 Å². The molecule has 0 radical (unpaired) electrons. The van der Waals surface area contributed by atoms with Gasteiger partial charge in [0.25, 0.3) is 0 Å². The van der Waals surface area contributed by atoms with Crippen molar-refractivity contribution in [1.29, 1.82) is 0 Å². The average Bonchev–Trinajstić information content (AvgIpc) is 2.81. The summed E-state index contributed by atoms with van der Waals surface area (Å²) in [4.78, 5) is 9.13. The standard InChI is InChI=1S/C17H23FN4/c1-20(2)9-15-11-21(10-14-3-5-16(18)6-4-14)13-17-19-7-8-22(17)12-15/h3-8,15H,9-13H2,1-2H3/t15-/m1/s1. The highest BCUT2D eigenvalue weighted by Gasteiger charge is 2.22. The molecule has 2 heterocycles. The van der Waals surface area contributed by atoms with Crippen LogP contribution in [0.5, 0.6) is 0 Å². The molecule has 4 nitrogen and oxygen atoms in total. The number of halogens is 1. The summed E-state index contributed by atoms with van der Waals surface area (Å²) >= 11 is 0. The zero-order valence-corrected chi connectivity index (χ0v) is 13.2. The van der Waals surface area contributed by atoms with E-state index in [1.807, 2.05) is 18.3 Å². The summed E-state index contributed by atoms with van der Waals surface area (Å²) in [5.41, 5.74) is 1.14. The molecule has 0 saturated carbocycles. The zero-order valence-electron chi connectivity index (χ0n) is 13.2. The van der Waals surface area contributed by atoms with E-state index in [2.05, 4.69) is 39.6 Å². The van der Waals surface area contributed by atoms with Crippen molar-refractivity contribution >= 4 is 0 Å². The van der Waals surface area contributed by atoms with E-state index < -0.39 is 0 Å². The second-order valence-corrected chi connectivity index (χ2v) is 6.42. The lowest BCUT2D eigenvalue weighted by Crippen LogP contribution is -2.33. The highest BCUT2D eigenvalue weighted by atomic mass is 19.1. The lowest BCUT2D eigenvalue weighted by Gasteiger charge is -2.25. The summed E-state index contributed by atoms with van der Waals surface area (Å²) < 4.78 is 15.3. The van der Waals surface area contributed by atoms with Crippen LogP contribution in [0.4, 0.5) is 4.39 Å². The predicted octanol–water partition coefficient (Wildman–Crippen LogP) is 2.22. The van der Waals surface area contributed by atoms with Gasteiger partial charge < -0.3 is 9.47 Å². The lowest BCUT2D eigenvalue weighted by atomic mass is 10.1. The third-order valence-electron chi connectivity index (χ3n) is 4.08. The fourth-order valence-electron chi connectivity index (χ4n) is 3.22. The number of hydrogen-bond acceptors (Lipinski definition) is 3. The molecular formula is C17H23FN4. The van der Waals surface area contributed by atoms with Gasteiger partial charge in [-0.2, -0.15) is 0 Å². The molecule has 1 aliphatic rings. The summed E-state index contributed by atoms with van der Waals surface area (Å²) in [5, 5.41) is 0. The molecule has 5 heteroatoms. The van der Waals surface area contributed by atoms with Crippen molar-refractivity contribution in [3.63, 3.8) is 0 Å². The first-order valence-electron chi connectivity index (χ1n) is 7.71. The smallest absolute Gasteiger partial charge is 0.123 e. The fraction of sp³-hybridized carbons (Fsp3) is 0.471. The Hall–Kier alpha value is -1.72. The third-order valence-corrected chi connectivity index (χ3v) is 4.08. The van der Waals surface area contributed by atoms with Gasteiger partial charge in [0.2, 0.25) is 0 Å². The Morgan fingerprint density at radius 2 is 2.00 bits per heavy atom. The molecule has 0 saturated heterocycles. The first kappa shape index (κ1) is 15.2. The van der Waals surface area contributed by atoms with Gasteiger partial charge in [0.1, 0.15) is 11.6 Å². The molecule has 1 aromatic heterocycles. The summed E-state index contributed by atoms with van der Waals surface area (Å²) in [6.07, 6.45) is 3.95. The molecule has 3 rings (SSSR count). The average molecular weight is 302 g/mol. The molecule has 1 atom stereocenters. The van der Waals surface area contributed by atoms with Crippen LogP contribution in [0.3, 0.4) is 0 Å². The maximum atomic E-state index is 13.1. The summed E-state index contributed by atoms with van der Waals surface area (Å²) in [7, 11) is 4.23. The van der Waals surface area contributed by atoms with Crippen LogP contribution in [0.2, 0.25) is 0 Å². The Morgan fingerprint density at radius 3 is 2.73 bits per heavy atom. The summed E-state index contributed by atoms with van der Waals surface area (Å²) in [6, 6.07) is 6.80. The first-order valence-corrected chi connectivity index (χ1v) is 7.71. The van der Waals surface area contributed by atoms with Crippen LogP contribution in [0.15, 0.2) is 36.7 Å². The normalized spacial score (nSPS) is 19.2. The first-order chi connectivity index (χ1) is 10.6. The van der Waals surface area contributed by atoms with Crippen LogP contribution >= 0.6 is 0 Å². The molecular weight excluding hydrogens is 279 g/mol. The van der Waals surface area contributed by atoms with Crippen LogP contribution in [0, 0.1) is 11.7 Å². The molecule has 0 fully saturated rings. The Labute approximate surface area is 131 Å². The van der Waals surface area contributed by atoms with E-state index in [1.54, 1.807) is 0 Å². The largest absolute Gasteiger partial charge is 0.333 e. The maximum Gasteiger partial charge on any atom is 0.123 e. The van der Waals surface area contributed by atoms with E-state index >= 15 is 0 Å². The quantitative estimate of drug-likeness (QED) is 0.865. The second-order valence-electron chi connectivity index (χ2n) is 6.42. The minimum absolute atomic E-state index is 0.180. The Kier molecular flexibility index (Phi) is 4.55. The minimum atomic E-state index is -0.180. The zero-order chi connectivity index (χ0) is 15.5. The van der Waals surface area contributed by atoms with Crippen LogP contribution in [0.1, 0.15) is 11.4 Å². The monoisotopic (exact) mass is 302 g/mol. The number of hydrogen-bond donors (Lipinski definition) is 0. The summed E-state index contributed by atoms with van der Waals surface area (Å²) in [6.45, 7) is 4.76. The molecule has 0 N–H and O–H groups in total. The Morgan fingerprint density at radius 1 is 1.23 bits per heavy atom. The molecule has 0 aliphatic carbocycles. The van der Waals surface area contributed by atoms with Gasteiger partial charge in [-0.05, 0) is 31.8 Å². The predicted molar refractivity (Wildman–Crippen MR) is 84.8 cm³/mol. The van der Waals surface area contributed by atoms with Crippen molar-refractivity contribution < 1.29 is 4.39 Å². The van der Waals surface area contributed by atoms with Gasteiger partial charge in [0, 0.05) is 44.5 Å². The van der Waals surface area contributed by atoms with Gasteiger partial charge in [-0.1, -0.05) is 12.1 Å². The van der Waals surface area contributed by atoms with Crippen LogP contribution < -0.4 is 0 Å². The molecule has 0 spiro atoms. The van der Waals surface area contributed by atoms with Crippen molar-refractivity contribution in [3.8, 4) is 0 Å². The Balaban J connectivity index is 1.76. The highest BCUT2D eigenvalue weighted by Crippen LogP contribution is 2.18. The van der Waals surface area contributed by atoms with Gasteiger partial charge in [0.05, 0.1) is 6.54 Å². The van der Waals surface area contributed by atoms with Crippen molar-refractivity contribution in [2.24, 2.45) is 5.92 Å². The molecule has 1 aliphatic heterocycles. The topological polar surface area (TPSA) is 24.3 Å². The fourth-order valence-corrected chi connectivity index (χ4v) is 3.22. The van der Waals surface area contributed by atoms with Crippen LogP contribution in [-0.2, 0) is 19.6 Å². The van der Waals surface area contributed by atoms with Gasteiger partial charge in [-0.15, -0.1) is 0 Å². The van der Waals surface area contributed by atoms with Crippen molar-refractivity contribution in [3.05, 3.63) is 53.9 Å². The van der Waals surface area contributed by atoms with E-state index in [4.69, 9.17) is 0 Å². The lowest BCUT2D eigenvalue weighted by molar-refractivity contribution is 0.194. The van der Waals surface area contributed by atoms with Gasteiger partial charge >= 0.3 is 0 Å². The number of benzene rings is 1. The number of fused-ring (bicyclic) bond motifs is 1. The molecule has 2 aromatic rings. The van der Waals surface area contributed by atoms with Gasteiger partial charge in [-0.3, -0.25) is 4.90 Å². The van der Waals surface area contributed by atoms with E-state index in [-0.39, 0.29) is 5.82 Å². The van der Waals surface area contributed by atoms with Crippen molar-refractivity contribution in [1.82, 2.24) is 19.4 Å². The SMILES string of the molecule is CN(C)C[C@@H]1CN(Cc2ccc(F)cc2)Cc2nccn2C1. The highest BCUT2D eigenvalue weighted by molar-refractivity contribution is 5.16. The number of nitrogens with zero attached hydrogens (tertiary/aromatic N) is 4. The second kappa shape index (κ2) is 6.58. The van der Waals surface area contributed by atoms with E-state index in [9.17, 15) is 4.39 Å². The number of rotatable bonds is 4. The molecule has 0 unspecified atom stereocenters.